The number of piperazine rings is 1. The largest absolute Gasteiger partial charge is 0.495 e. The lowest BCUT2D eigenvalue weighted by atomic mass is 10.1. The van der Waals surface area contributed by atoms with Gasteiger partial charge in [0.25, 0.3) is 5.91 Å². The van der Waals surface area contributed by atoms with Gasteiger partial charge in [0.1, 0.15) is 5.75 Å². The van der Waals surface area contributed by atoms with Crippen LogP contribution in [-0.2, 0) is 6.54 Å². The zero-order chi connectivity index (χ0) is 22.1. The number of para-hydroxylation sites is 2. The summed E-state index contributed by atoms with van der Waals surface area (Å²) in [7, 11) is 1.72. The molecule has 2 N–H and O–H groups in total. The van der Waals surface area contributed by atoms with E-state index in [2.05, 4.69) is 33.4 Å². The minimum absolute atomic E-state index is 0.0428. The van der Waals surface area contributed by atoms with Gasteiger partial charge in [0, 0.05) is 44.8 Å². The molecule has 31 heavy (non-hydrogen) atoms. The molecule has 1 aliphatic rings. The molecule has 7 nitrogen and oxygen atoms in total. The van der Waals surface area contributed by atoms with Crippen LogP contribution in [0.15, 0.2) is 53.5 Å². The van der Waals surface area contributed by atoms with E-state index >= 15 is 0 Å². The summed E-state index contributed by atoms with van der Waals surface area (Å²) >= 11 is 0. The average Bonchev–Trinajstić information content (AvgIpc) is 2.82. The van der Waals surface area contributed by atoms with Gasteiger partial charge in [-0.1, -0.05) is 24.3 Å². The summed E-state index contributed by atoms with van der Waals surface area (Å²) in [5, 5.41) is 6.23. The zero-order valence-corrected chi connectivity index (χ0v) is 18.7. The fourth-order valence-electron chi connectivity index (χ4n) is 3.67. The van der Waals surface area contributed by atoms with E-state index < -0.39 is 0 Å². The van der Waals surface area contributed by atoms with Crippen molar-refractivity contribution in [2.75, 3.05) is 51.3 Å². The second-order valence-electron chi connectivity index (χ2n) is 7.37. The highest BCUT2D eigenvalue weighted by Crippen LogP contribution is 2.28. The summed E-state index contributed by atoms with van der Waals surface area (Å²) in [6, 6.07) is 15.8. The molecule has 1 heterocycles. The van der Waals surface area contributed by atoms with Gasteiger partial charge >= 0.3 is 0 Å². The minimum atomic E-state index is -0.0428. The Labute approximate surface area is 185 Å². The third-order valence-electron chi connectivity index (χ3n) is 5.30. The predicted molar refractivity (Wildman–Crippen MR) is 126 cm³/mol. The molecule has 3 rings (SSSR count). The molecule has 0 saturated carbocycles. The van der Waals surface area contributed by atoms with Crippen LogP contribution in [0.2, 0.25) is 0 Å². The summed E-state index contributed by atoms with van der Waals surface area (Å²) in [4.78, 5) is 21.4. The molecule has 166 valence electrons. The number of anilines is 1. The molecule has 0 spiro atoms. The fourth-order valence-corrected chi connectivity index (χ4v) is 3.67. The Bertz CT molecular complexity index is 874. The highest BCUT2D eigenvalue weighted by Gasteiger charge is 2.21. The van der Waals surface area contributed by atoms with Crippen LogP contribution in [0.25, 0.3) is 0 Å². The lowest BCUT2D eigenvalue weighted by molar-refractivity contribution is 0.0956. The SMILES string of the molecule is CCNC(=O)c1ccc(CN=C(NCC)N2CCN(c3ccccc3OC)CC2)cc1. The molecule has 1 amide bonds. The summed E-state index contributed by atoms with van der Waals surface area (Å²) in [6.45, 7) is 9.62. The average molecular weight is 424 g/mol. The van der Waals surface area contributed by atoms with Crippen LogP contribution in [-0.4, -0.2) is 63.1 Å². The van der Waals surface area contributed by atoms with Crippen molar-refractivity contribution in [3.8, 4) is 5.75 Å². The maximum atomic E-state index is 11.9. The minimum Gasteiger partial charge on any atom is -0.495 e. The first-order valence-corrected chi connectivity index (χ1v) is 10.9. The molecular formula is C24H33N5O2. The molecule has 0 radical (unpaired) electrons. The number of aliphatic imine (C=N–C) groups is 1. The molecule has 0 bridgehead atoms. The van der Waals surface area contributed by atoms with E-state index in [-0.39, 0.29) is 5.91 Å². The molecule has 0 unspecified atom stereocenters. The number of methoxy groups -OCH3 is 1. The van der Waals surface area contributed by atoms with Crippen LogP contribution >= 0.6 is 0 Å². The molecular weight excluding hydrogens is 390 g/mol. The van der Waals surface area contributed by atoms with Crippen LogP contribution < -0.4 is 20.3 Å². The quantitative estimate of drug-likeness (QED) is 0.529. The first-order chi connectivity index (χ1) is 15.2. The number of amides is 1. The summed E-state index contributed by atoms with van der Waals surface area (Å²) in [5.41, 5.74) is 2.89. The van der Waals surface area contributed by atoms with Crippen LogP contribution in [0.4, 0.5) is 5.69 Å². The molecule has 2 aromatic rings. The van der Waals surface area contributed by atoms with Crippen molar-refractivity contribution in [1.29, 1.82) is 0 Å². The van der Waals surface area contributed by atoms with Crippen molar-refractivity contribution < 1.29 is 9.53 Å². The van der Waals surface area contributed by atoms with Gasteiger partial charge in [0.05, 0.1) is 19.3 Å². The number of rotatable bonds is 7. The third kappa shape index (κ3) is 5.90. The molecule has 7 heteroatoms. The normalized spacial score (nSPS) is 14.4. The summed E-state index contributed by atoms with van der Waals surface area (Å²) < 4.78 is 5.52. The van der Waals surface area contributed by atoms with Crippen molar-refractivity contribution in [2.45, 2.75) is 20.4 Å². The Balaban J connectivity index is 1.62. The van der Waals surface area contributed by atoms with Crippen LogP contribution in [0.1, 0.15) is 29.8 Å². The number of benzene rings is 2. The maximum Gasteiger partial charge on any atom is 0.251 e. The first kappa shape index (κ1) is 22.5. The number of carbonyl (C=O) groups excluding carboxylic acids is 1. The number of hydrogen-bond donors (Lipinski definition) is 2. The molecule has 1 saturated heterocycles. The smallest absolute Gasteiger partial charge is 0.251 e. The number of carbonyl (C=O) groups is 1. The Kier molecular flexibility index (Phi) is 8.15. The topological polar surface area (TPSA) is 69.2 Å². The van der Waals surface area contributed by atoms with E-state index in [0.29, 0.717) is 18.7 Å². The van der Waals surface area contributed by atoms with Gasteiger partial charge in [0.15, 0.2) is 5.96 Å². The van der Waals surface area contributed by atoms with E-state index in [1.807, 2.05) is 49.4 Å². The number of ether oxygens (including phenoxy) is 1. The number of guanidine groups is 1. The lowest BCUT2D eigenvalue weighted by Crippen LogP contribution is -2.52. The summed E-state index contributed by atoms with van der Waals surface area (Å²) in [5.74, 6) is 1.79. The Morgan fingerprint density at radius 2 is 1.65 bits per heavy atom. The van der Waals surface area contributed by atoms with Crippen LogP contribution in [0, 0.1) is 0 Å². The van der Waals surface area contributed by atoms with Crippen LogP contribution in [0.3, 0.4) is 0 Å². The van der Waals surface area contributed by atoms with Crippen molar-refractivity contribution in [3.05, 3.63) is 59.7 Å². The van der Waals surface area contributed by atoms with Crippen LogP contribution in [0.5, 0.6) is 5.75 Å². The second-order valence-corrected chi connectivity index (χ2v) is 7.37. The Morgan fingerprint density at radius 3 is 2.29 bits per heavy atom. The first-order valence-electron chi connectivity index (χ1n) is 10.9. The monoisotopic (exact) mass is 423 g/mol. The van der Waals surface area contributed by atoms with E-state index in [0.717, 1.165) is 55.7 Å². The van der Waals surface area contributed by atoms with Gasteiger partial charge in [-0.2, -0.15) is 0 Å². The van der Waals surface area contributed by atoms with Gasteiger partial charge in [-0.3, -0.25) is 4.79 Å². The van der Waals surface area contributed by atoms with Crippen molar-refractivity contribution in [1.82, 2.24) is 15.5 Å². The van der Waals surface area contributed by atoms with E-state index in [1.165, 1.54) is 0 Å². The van der Waals surface area contributed by atoms with Gasteiger partial charge in [-0.25, -0.2) is 4.99 Å². The Morgan fingerprint density at radius 1 is 0.968 bits per heavy atom. The molecule has 1 fully saturated rings. The molecule has 1 aliphatic heterocycles. The highest BCUT2D eigenvalue weighted by molar-refractivity contribution is 5.94. The van der Waals surface area contributed by atoms with Gasteiger partial charge in [0.2, 0.25) is 0 Å². The predicted octanol–water partition coefficient (Wildman–Crippen LogP) is 2.73. The van der Waals surface area contributed by atoms with Gasteiger partial charge < -0.3 is 25.2 Å². The number of nitrogens with zero attached hydrogens (tertiary/aromatic N) is 3. The van der Waals surface area contributed by atoms with E-state index in [1.54, 1.807) is 7.11 Å². The standard InChI is InChI=1S/C24H33N5O2/c1-4-25-23(30)20-12-10-19(11-13-20)18-27-24(26-5-2)29-16-14-28(15-17-29)21-8-6-7-9-22(21)31-3/h6-13H,4-5,14-18H2,1-3H3,(H,25,30)(H,26,27). The number of hydrogen-bond acceptors (Lipinski definition) is 4. The van der Waals surface area contributed by atoms with Gasteiger partial charge in [-0.15, -0.1) is 0 Å². The molecule has 0 aromatic heterocycles. The number of nitrogens with one attached hydrogen (secondary N) is 2. The maximum absolute atomic E-state index is 11.9. The molecule has 2 aromatic carbocycles. The lowest BCUT2D eigenvalue weighted by Gasteiger charge is -2.38. The molecule has 0 aliphatic carbocycles. The highest BCUT2D eigenvalue weighted by atomic mass is 16.5. The van der Waals surface area contributed by atoms with E-state index in [9.17, 15) is 4.79 Å². The fraction of sp³-hybridized carbons (Fsp3) is 0.417. The van der Waals surface area contributed by atoms with E-state index in [4.69, 9.17) is 9.73 Å². The third-order valence-corrected chi connectivity index (χ3v) is 5.30. The Hall–Kier alpha value is -3.22. The van der Waals surface area contributed by atoms with Gasteiger partial charge in [-0.05, 0) is 43.7 Å². The second kappa shape index (κ2) is 11.2. The van der Waals surface area contributed by atoms with Crippen molar-refractivity contribution >= 4 is 17.6 Å². The zero-order valence-electron chi connectivity index (χ0n) is 18.7. The molecule has 0 atom stereocenters. The van der Waals surface area contributed by atoms with Crippen molar-refractivity contribution in [2.24, 2.45) is 4.99 Å². The summed E-state index contributed by atoms with van der Waals surface area (Å²) in [6.07, 6.45) is 0. The van der Waals surface area contributed by atoms with Crippen molar-refractivity contribution in [3.63, 3.8) is 0 Å².